The molecule has 0 saturated heterocycles. The van der Waals surface area contributed by atoms with E-state index in [2.05, 4.69) is 39.0 Å². The number of aromatic nitrogens is 2. The van der Waals surface area contributed by atoms with Gasteiger partial charge in [0.15, 0.2) is 5.82 Å². The van der Waals surface area contributed by atoms with Gasteiger partial charge >= 0.3 is 0 Å². The highest BCUT2D eigenvalue weighted by atomic mass is 16.5. The van der Waals surface area contributed by atoms with Gasteiger partial charge in [-0.15, -0.1) is 0 Å². The summed E-state index contributed by atoms with van der Waals surface area (Å²) >= 11 is 0. The van der Waals surface area contributed by atoms with Gasteiger partial charge in [0, 0.05) is 38.7 Å². The van der Waals surface area contributed by atoms with Gasteiger partial charge in [-0.05, 0) is 24.0 Å². The molecule has 1 aromatic heterocycles. The first-order chi connectivity index (χ1) is 9.83. The summed E-state index contributed by atoms with van der Waals surface area (Å²) in [5.41, 5.74) is 4.09. The zero-order chi connectivity index (χ0) is 13.8. The predicted octanol–water partition coefficient (Wildman–Crippen LogP) is 2.07. The zero-order valence-corrected chi connectivity index (χ0v) is 11.8. The van der Waals surface area contributed by atoms with Gasteiger partial charge in [0.2, 0.25) is 5.89 Å². The van der Waals surface area contributed by atoms with Crippen LogP contribution in [0.25, 0.3) is 0 Å². The monoisotopic (exact) mass is 272 g/mol. The second-order valence-corrected chi connectivity index (χ2v) is 5.14. The number of hydrogen-bond donors (Lipinski definition) is 2. The molecule has 0 unspecified atom stereocenters. The van der Waals surface area contributed by atoms with E-state index in [1.807, 2.05) is 6.92 Å². The van der Waals surface area contributed by atoms with Crippen LogP contribution in [0.2, 0.25) is 0 Å². The van der Waals surface area contributed by atoms with Crippen molar-refractivity contribution >= 4 is 5.69 Å². The molecule has 0 bridgehead atoms. The number of nitrogens with one attached hydrogen (secondary N) is 2. The number of nitrogens with zero attached hydrogens (tertiary/aromatic N) is 2. The van der Waals surface area contributed by atoms with E-state index in [0.717, 1.165) is 31.9 Å². The van der Waals surface area contributed by atoms with Crippen LogP contribution in [-0.4, -0.2) is 23.2 Å². The Morgan fingerprint density at radius 2 is 2.35 bits per heavy atom. The molecule has 3 rings (SSSR count). The average molecular weight is 272 g/mol. The van der Waals surface area contributed by atoms with Crippen molar-refractivity contribution in [2.24, 2.45) is 0 Å². The Morgan fingerprint density at radius 1 is 1.40 bits per heavy atom. The molecule has 1 aliphatic rings. The van der Waals surface area contributed by atoms with E-state index in [9.17, 15) is 0 Å². The molecule has 0 atom stereocenters. The van der Waals surface area contributed by atoms with Crippen LogP contribution in [0.15, 0.2) is 22.7 Å². The molecule has 0 aliphatic carbocycles. The van der Waals surface area contributed by atoms with Crippen molar-refractivity contribution in [3.8, 4) is 0 Å². The number of fused-ring (bicyclic) bond motifs is 1. The molecule has 0 saturated carbocycles. The second kappa shape index (κ2) is 6.05. The molecule has 2 aromatic rings. The van der Waals surface area contributed by atoms with Crippen molar-refractivity contribution in [3.05, 3.63) is 41.0 Å². The van der Waals surface area contributed by atoms with Crippen LogP contribution in [0.4, 0.5) is 5.69 Å². The highest BCUT2D eigenvalue weighted by Crippen LogP contribution is 2.25. The number of rotatable bonds is 5. The third-order valence-corrected chi connectivity index (χ3v) is 3.57. The minimum absolute atomic E-state index is 0.626. The van der Waals surface area contributed by atoms with Gasteiger partial charge in [0.05, 0.1) is 0 Å². The standard InChI is InChI=1S/C15H20N4O/c1-11-18-14(19-20-11)7-9-16-10-13-5-2-4-12-6-3-8-17-15(12)13/h2,4-5,16-17H,3,6-10H2,1H3. The summed E-state index contributed by atoms with van der Waals surface area (Å²) < 4.78 is 4.96. The van der Waals surface area contributed by atoms with Crippen LogP contribution in [-0.2, 0) is 19.4 Å². The third kappa shape index (κ3) is 2.99. The van der Waals surface area contributed by atoms with Crippen molar-refractivity contribution in [2.75, 3.05) is 18.4 Å². The molecule has 106 valence electrons. The van der Waals surface area contributed by atoms with Gasteiger partial charge < -0.3 is 15.2 Å². The van der Waals surface area contributed by atoms with Gasteiger partial charge in [0.1, 0.15) is 0 Å². The van der Waals surface area contributed by atoms with Crippen LogP contribution in [0.1, 0.15) is 29.3 Å². The Balaban J connectivity index is 1.53. The Hall–Kier alpha value is -1.88. The maximum atomic E-state index is 4.96. The first kappa shape index (κ1) is 13.1. The Labute approximate surface area is 118 Å². The van der Waals surface area contributed by atoms with Gasteiger partial charge in [-0.25, -0.2) is 0 Å². The fourth-order valence-corrected chi connectivity index (χ4v) is 2.59. The lowest BCUT2D eigenvalue weighted by atomic mass is 9.99. The maximum absolute atomic E-state index is 4.96. The van der Waals surface area contributed by atoms with E-state index in [1.54, 1.807) is 0 Å². The van der Waals surface area contributed by atoms with Crippen LogP contribution < -0.4 is 10.6 Å². The second-order valence-electron chi connectivity index (χ2n) is 5.14. The molecule has 2 heterocycles. The average Bonchev–Trinajstić information content (AvgIpc) is 2.89. The van der Waals surface area contributed by atoms with Crippen LogP contribution >= 0.6 is 0 Å². The normalized spacial score (nSPS) is 13.8. The van der Waals surface area contributed by atoms with Crippen molar-refractivity contribution in [2.45, 2.75) is 32.7 Å². The summed E-state index contributed by atoms with van der Waals surface area (Å²) in [6, 6.07) is 6.54. The molecule has 1 aromatic carbocycles. The molecule has 0 radical (unpaired) electrons. The fourth-order valence-electron chi connectivity index (χ4n) is 2.59. The lowest BCUT2D eigenvalue weighted by Crippen LogP contribution is -2.20. The SMILES string of the molecule is Cc1nc(CCNCc2cccc3c2NCCC3)no1. The zero-order valence-electron chi connectivity index (χ0n) is 11.8. The van der Waals surface area contributed by atoms with E-state index in [0.29, 0.717) is 5.89 Å². The first-order valence-corrected chi connectivity index (χ1v) is 7.17. The predicted molar refractivity (Wildman–Crippen MR) is 77.7 cm³/mol. The summed E-state index contributed by atoms with van der Waals surface area (Å²) in [6.07, 6.45) is 3.19. The third-order valence-electron chi connectivity index (χ3n) is 3.57. The van der Waals surface area contributed by atoms with E-state index >= 15 is 0 Å². The molecule has 20 heavy (non-hydrogen) atoms. The highest BCUT2D eigenvalue weighted by Gasteiger charge is 2.11. The van der Waals surface area contributed by atoms with Crippen molar-refractivity contribution in [1.29, 1.82) is 0 Å². The minimum atomic E-state index is 0.626. The maximum Gasteiger partial charge on any atom is 0.223 e. The molecule has 0 spiro atoms. The molecular formula is C15H20N4O. The summed E-state index contributed by atoms with van der Waals surface area (Å²) in [7, 11) is 0. The van der Waals surface area contributed by atoms with E-state index < -0.39 is 0 Å². The Morgan fingerprint density at radius 3 is 3.20 bits per heavy atom. The van der Waals surface area contributed by atoms with Crippen LogP contribution in [0.3, 0.4) is 0 Å². The van der Waals surface area contributed by atoms with Crippen molar-refractivity contribution in [3.63, 3.8) is 0 Å². The number of hydrogen-bond acceptors (Lipinski definition) is 5. The molecule has 0 fully saturated rings. The van der Waals surface area contributed by atoms with E-state index in [1.165, 1.54) is 29.7 Å². The molecule has 0 amide bonds. The Kier molecular flexibility index (Phi) is 3.97. The van der Waals surface area contributed by atoms with Crippen molar-refractivity contribution in [1.82, 2.24) is 15.5 Å². The number of benzene rings is 1. The number of para-hydroxylation sites is 1. The largest absolute Gasteiger partial charge is 0.385 e. The molecule has 5 nitrogen and oxygen atoms in total. The fraction of sp³-hybridized carbons (Fsp3) is 0.467. The number of aryl methyl sites for hydroxylation is 2. The highest BCUT2D eigenvalue weighted by molar-refractivity contribution is 5.59. The van der Waals surface area contributed by atoms with Gasteiger partial charge in [0.25, 0.3) is 0 Å². The molecule has 1 aliphatic heterocycles. The van der Waals surface area contributed by atoms with Crippen LogP contribution in [0.5, 0.6) is 0 Å². The topological polar surface area (TPSA) is 63.0 Å². The van der Waals surface area contributed by atoms with E-state index in [-0.39, 0.29) is 0 Å². The van der Waals surface area contributed by atoms with Gasteiger partial charge in [-0.2, -0.15) is 4.98 Å². The number of anilines is 1. The molecular weight excluding hydrogens is 252 g/mol. The smallest absolute Gasteiger partial charge is 0.223 e. The molecule has 2 N–H and O–H groups in total. The van der Waals surface area contributed by atoms with Crippen LogP contribution in [0, 0.1) is 6.92 Å². The Bertz CT molecular complexity index is 579. The quantitative estimate of drug-likeness (QED) is 0.816. The first-order valence-electron chi connectivity index (χ1n) is 7.17. The molecule has 5 heteroatoms. The lowest BCUT2D eigenvalue weighted by Gasteiger charge is -2.21. The summed E-state index contributed by atoms with van der Waals surface area (Å²) in [5, 5.41) is 10.9. The lowest BCUT2D eigenvalue weighted by molar-refractivity contribution is 0.387. The van der Waals surface area contributed by atoms with E-state index in [4.69, 9.17) is 4.52 Å². The summed E-state index contributed by atoms with van der Waals surface area (Å²) in [5.74, 6) is 1.39. The van der Waals surface area contributed by atoms with Gasteiger partial charge in [-0.1, -0.05) is 23.4 Å². The summed E-state index contributed by atoms with van der Waals surface area (Å²) in [6.45, 7) is 4.60. The van der Waals surface area contributed by atoms with Gasteiger partial charge in [-0.3, -0.25) is 0 Å². The summed E-state index contributed by atoms with van der Waals surface area (Å²) in [4.78, 5) is 4.20. The minimum Gasteiger partial charge on any atom is -0.385 e. The van der Waals surface area contributed by atoms with Crippen molar-refractivity contribution < 1.29 is 4.52 Å².